The highest BCUT2D eigenvalue weighted by Gasteiger charge is 2.21. The zero-order valence-corrected chi connectivity index (χ0v) is 15.3. The molecule has 1 saturated heterocycles. The van der Waals surface area contributed by atoms with E-state index in [1.165, 1.54) is 4.88 Å². The molecule has 2 heterocycles. The summed E-state index contributed by atoms with van der Waals surface area (Å²) in [4.78, 5) is 18.0. The number of morpholine rings is 1. The molecule has 3 rings (SSSR count). The summed E-state index contributed by atoms with van der Waals surface area (Å²) in [6.07, 6.45) is 0. The van der Waals surface area contributed by atoms with Crippen molar-refractivity contribution in [2.24, 2.45) is 0 Å². The molecule has 0 radical (unpaired) electrons. The number of carbonyl (C=O) groups excluding carboxylic acids is 1. The topological polar surface area (TPSA) is 42.0 Å². The Bertz CT molecular complexity index is 669. The summed E-state index contributed by atoms with van der Waals surface area (Å²) in [5, 5.41) is 2.07. The van der Waals surface area contributed by atoms with Crippen LogP contribution in [0.1, 0.15) is 10.4 Å². The number of ether oxygens (including phenoxy) is 2. The Hall–Kier alpha value is -1.89. The molecule has 0 bridgehead atoms. The van der Waals surface area contributed by atoms with Crippen molar-refractivity contribution in [1.29, 1.82) is 0 Å². The lowest BCUT2D eigenvalue weighted by Gasteiger charge is -2.30. The van der Waals surface area contributed by atoms with Crippen molar-refractivity contribution in [2.45, 2.75) is 13.1 Å². The van der Waals surface area contributed by atoms with Crippen LogP contribution in [0, 0.1) is 0 Å². The number of methoxy groups -OCH3 is 1. The molecule has 0 saturated carbocycles. The Morgan fingerprint density at radius 1 is 1.20 bits per heavy atom. The monoisotopic (exact) mass is 360 g/mol. The van der Waals surface area contributed by atoms with Crippen molar-refractivity contribution in [3.63, 3.8) is 0 Å². The first-order valence-corrected chi connectivity index (χ1v) is 9.36. The summed E-state index contributed by atoms with van der Waals surface area (Å²) in [6, 6.07) is 12.1. The molecule has 0 N–H and O–H groups in total. The van der Waals surface area contributed by atoms with Gasteiger partial charge in [0, 0.05) is 36.6 Å². The maximum absolute atomic E-state index is 12.7. The number of hydrogen-bond donors (Lipinski definition) is 0. The second-order valence-corrected chi connectivity index (χ2v) is 7.06. The van der Waals surface area contributed by atoms with Gasteiger partial charge in [-0.1, -0.05) is 24.3 Å². The Morgan fingerprint density at radius 3 is 2.72 bits per heavy atom. The quantitative estimate of drug-likeness (QED) is 0.761. The highest BCUT2D eigenvalue weighted by atomic mass is 32.1. The van der Waals surface area contributed by atoms with E-state index in [-0.39, 0.29) is 5.91 Å². The average Bonchev–Trinajstić information content (AvgIpc) is 3.16. The van der Waals surface area contributed by atoms with Crippen molar-refractivity contribution in [3.8, 4) is 5.75 Å². The zero-order chi connectivity index (χ0) is 17.5. The van der Waals surface area contributed by atoms with Crippen LogP contribution in [0.3, 0.4) is 0 Å². The summed E-state index contributed by atoms with van der Waals surface area (Å²) in [5.74, 6) is 1.02. The van der Waals surface area contributed by atoms with E-state index in [0.29, 0.717) is 39.4 Å². The highest BCUT2D eigenvalue weighted by molar-refractivity contribution is 7.09. The molecule has 1 aromatic heterocycles. The number of rotatable bonds is 7. The van der Waals surface area contributed by atoms with Gasteiger partial charge in [-0.25, -0.2) is 0 Å². The summed E-state index contributed by atoms with van der Waals surface area (Å²) in [7, 11) is 1.68. The van der Waals surface area contributed by atoms with E-state index in [9.17, 15) is 4.79 Å². The van der Waals surface area contributed by atoms with Gasteiger partial charge >= 0.3 is 0 Å². The minimum Gasteiger partial charge on any atom is -0.496 e. The molecular formula is C19H24N2O3S. The SMILES string of the molecule is COc1ccccc1CN(CC(=O)N1CCOCC1)Cc1cccs1. The molecule has 1 aliphatic rings. The summed E-state index contributed by atoms with van der Waals surface area (Å²) < 4.78 is 10.8. The normalized spacial score (nSPS) is 14.7. The van der Waals surface area contributed by atoms with Crippen LogP contribution in [0.25, 0.3) is 0 Å². The number of hydrogen-bond acceptors (Lipinski definition) is 5. The summed E-state index contributed by atoms with van der Waals surface area (Å²) >= 11 is 1.72. The maximum Gasteiger partial charge on any atom is 0.236 e. The number of nitrogens with zero attached hydrogens (tertiary/aromatic N) is 2. The van der Waals surface area contributed by atoms with Gasteiger partial charge < -0.3 is 14.4 Å². The largest absolute Gasteiger partial charge is 0.496 e. The van der Waals surface area contributed by atoms with Gasteiger partial charge in [-0.2, -0.15) is 0 Å². The minimum atomic E-state index is 0.162. The molecule has 0 spiro atoms. The maximum atomic E-state index is 12.7. The third-order valence-electron chi connectivity index (χ3n) is 4.27. The molecule has 2 aromatic rings. The van der Waals surface area contributed by atoms with E-state index in [4.69, 9.17) is 9.47 Å². The Labute approximate surface area is 152 Å². The number of amides is 1. The van der Waals surface area contributed by atoms with E-state index in [1.807, 2.05) is 29.2 Å². The van der Waals surface area contributed by atoms with Crippen LogP contribution in [0.15, 0.2) is 41.8 Å². The standard InChI is InChI=1S/C19H24N2O3S/c1-23-18-7-3-2-5-16(18)13-20(14-17-6-4-12-25-17)15-19(22)21-8-10-24-11-9-21/h2-7,12H,8-11,13-15H2,1H3. The average molecular weight is 360 g/mol. The van der Waals surface area contributed by atoms with E-state index in [2.05, 4.69) is 22.4 Å². The molecule has 1 aromatic carbocycles. The van der Waals surface area contributed by atoms with E-state index in [1.54, 1.807) is 18.4 Å². The lowest BCUT2D eigenvalue weighted by Crippen LogP contribution is -2.45. The minimum absolute atomic E-state index is 0.162. The first kappa shape index (κ1) is 17.9. The van der Waals surface area contributed by atoms with Crippen molar-refractivity contribution in [2.75, 3.05) is 40.0 Å². The molecule has 0 unspecified atom stereocenters. The van der Waals surface area contributed by atoms with Crippen molar-refractivity contribution < 1.29 is 14.3 Å². The number of thiophene rings is 1. The van der Waals surface area contributed by atoms with Crippen molar-refractivity contribution in [1.82, 2.24) is 9.80 Å². The fourth-order valence-corrected chi connectivity index (χ4v) is 3.72. The number of para-hydroxylation sites is 1. The van der Waals surface area contributed by atoms with E-state index in [0.717, 1.165) is 17.9 Å². The van der Waals surface area contributed by atoms with Gasteiger partial charge in [-0.15, -0.1) is 11.3 Å². The van der Waals surface area contributed by atoms with Gasteiger partial charge in [0.05, 0.1) is 26.9 Å². The number of benzene rings is 1. The second kappa shape index (κ2) is 8.99. The van der Waals surface area contributed by atoms with Crippen LogP contribution in [0.5, 0.6) is 5.75 Å². The van der Waals surface area contributed by atoms with Crippen LogP contribution in [-0.2, 0) is 22.6 Å². The molecule has 5 nitrogen and oxygen atoms in total. The van der Waals surface area contributed by atoms with Gasteiger partial charge in [0.1, 0.15) is 5.75 Å². The van der Waals surface area contributed by atoms with Crippen LogP contribution in [0.4, 0.5) is 0 Å². The first-order chi connectivity index (χ1) is 12.3. The predicted molar refractivity (Wildman–Crippen MR) is 98.8 cm³/mol. The second-order valence-electron chi connectivity index (χ2n) is 6.03. The lowest BCUT2D eigenvalue weighted by molar-refractivity contribution is -0.136. The summed E-state index contributed by atoms with van der Waals surface area (Å²) in [5.41, 5.74) is 1.09. The number of carbonyl (C=O) groups is 1. The van der Waals surface area contributed by atoms with Crippen molar-refractivity contribution >= 4 is 17.2 Å². The zero-order valence-electron chi connectivity index (χ0n) is 14.5. The van der Waals surface area contributed by atoms with Crippen LogP contribution in [0.2, 0.25) is 0 Å². The molecule has 134 valence electrons. The lowest BCUT2D eigenvalue weighted by atomic mass is 10.2. The van der Waals surface area contributed by atoms with Crippen LogP contribution < -0.4 is 4.74 Å². The Morgan fingerprint density at radius 2 is 2.00 bits per heavy atom. The fraction of sp³-hybridized carbons (Fsp3) is 0.421. The third-order valence-corrected chi connectivity index (χ3v) is 5.13. The molecule has 1 amide bonds. The smallest absolute Gasteiger partial charge is 0.236 e. The predicted octanol–water partition coefficient (Wildman–Crippen LogP) is 2.62. The van der Waals surface area contributed by atoms with Gasteiger partial charge in [0.25, 0.3) is 0 Å². The van der Waals surface area contributed by atoms with Gasteiger partial charge in [0.2, 0.25) is 5.91 Å². The van der Waals surface area contributed by atoms with Gasteiger partial charge in [0.15, 0.2) is 0 Å². The molecule has 0 atom stereocenters. The highest BCUT2D eigenvalue weighted by Crippen LogP contribution is 2.21. The van der Waals surface area contributed by atoms with Gasteiger partial charge in [-0.3, -0.25) is 9.69 Å². The fourth-order valence-electron chi connectivity index (χ4n) is 2.97. The molecular weight excluding hydrogens is 336 g/mol. The molecule has 0 aliphatic carbocycles. The molecule has 6 heteroatoms. The van der Waals surface area contributed by atoms with Crippen molar-refractivity contribution in [3.05, 3.63) is 52.2 Å². The summed E-state index contributed by atoms with van der Waals surface area (Å²) in [6.45, 7) is 4.45. The Kier molecular flexibility index (Phi) is 6.44. The first-order valence-electron chi connectivity index (χ1n) is 8.48. The van der Waals surface area contributed by atoms with E-state index >= 15 is 0 Å². The molecule has 1 aliphatic heterocycles. The molecule has 1 fully saturated rings. The molecule has 25 heavy (non-hydrogen) atoms. The van der Waals surface area contributed by atoms with Crippen LogP contribution >= 0.6 is 11.3 Å². The third kappa shape index (κ3) is 5.04. The van der Waals surface area contributed by atoms with Crippen LogP contribution in [-0.4, -0.2) is 55.7 Å². The van der Waals surface area contributed by atoms with E-state index < -0.39 is 0 Å². The Balaban J connectivity index is 1.71. The van der Waals surface area contributed by atoms with Gasteiger partial charge in [-0.05, 0) is 17.5 Å².